The van der Waals surface area contributed by atoms with Crippen molar-refractivity contribution >= 4 is 34.5 Å². The van der Waals surface area contributed by atoms with Gasteiger partial charge in [-0.25, -0.2) is 0 Å². The maximum absolute atomic E-state index is 13.2. The van der Waals surface area contributed by atoms with Crippen molar-refractivity contribution in [2.24, 2.45) is 10.2 Å². The summed E-state index contributed by atoms with van der Waals surface area (Å²) in [5, 5.41) is 22.1. The zero-order valence-electron chi connectivity index (χ0n) is 20.0. The van der Waals surface area contributed by atoms with E-state index in [0.717, 1.165) is 11.9 Å². The van der Waals surface area contributed by atoms with Gasteiger partial charge < -0.3 is 24.5 Å². The van der Waals surface area contributed by atoms with Crippen LogP contribution >= 0.6 is 0 Å². The van der Waals surface area contributed by atoms with Crippen molar-refractivity contribution in [3.05, 3.63) is 89.6 Å². The molecule has 2 amide bonds. The molecule has 1 aliphatic rings. The van der Waals surface area contributed by atoms with E-state index in [1.54, 1.807) is 59.2 Å². The van der Waals surface area contributed by atoms with Crippen molar-refractivity contribution in [2.45, 2.75) is 19.9 Å². The summed E-state index contributed by atoms with van der Waals surface area (Å²) in [6.45, 7) is 2.70. The summed E-state index contributed by atoms with van der Waals surface area (Å²) in [6, 6.07) is 21.0. The lowest BCUT2D eigenvalue weighted by atomic mass is 10.1. The third kappa shape index (κ3) is 4.92. The average molecular weight is 497 g/mol. The molecule has 1 aliphatic heterocycles. The van der Waals surface area contributed by atoms with Gasteiger partial charge in [0.05, 0.1) is 5.52 Å². The third-order valence-electron chi connectivity index (χ3n) is 5.83. The number of benzene rings is 3. The number of para-hydroxylation sites is 1. The molecule has 3 aromatic carbocycles. The van der Waals surface area contributed by atoms with E-state index in [-0.39, 0.29) is 24.1 Å². The fourth-order valence-electron chi connectivity index (χ4n) is 4.07. The Morgan fingerprint density at radius 3 is 2.59 bits per heavy atom. The fraction of sp³-hybridized carbons (Fsp3) is 0.143. The van der Waals surface area contributed by atoms with Crippen LogP contribution in [0.25, 0.3) is 17.0 Å². The van der Waals surface area contributed by atoms with Crippen molar-refractivity contribution in [2.75, 3.05) is 6.79 Å². The van der Waals surface area contributed by atoms with E-state index >= 15 is 0 Å². The van der Waals surface area contributed by atoms with Gasteiger partial charge >= 0.3 is 5.91 Å². The summed E-state index contributed by atoms with van der Waals surface area (Å²) in [6.07, 6.45) is 2.29. The number of aryl methyl sites for hydroxylation is 1. The number of aromatic nitrogens is 1. The van der Waals surface area contributed by atoms with E-state index in [9.17, 15) is 14.7 Å². The van der Waals surface area contributed by atoms with Crippen molar-refractivity contribution in [3.8, 4) is 17.4 Å². The maximum atomic E-state index is 13.2. The Balaban J connectivity index is 1.50. The SMILES string of the molecule is CCCn1c(O)c(N=NC(=O)C(=Cc2ccc3c(c2)OCO3)NC(=O)c2ccccc2)c2ccccc21. The van der Waals surface area contributed by atoms with Gasteiger partial charge in [-0.05, 0) is 48.4 Å². The summed E-state index contributed by atoms with van der Waals surface area (Å²) in [5.74, 6) is -0.205. The van der Waals surface area contributed by atoms with Crippen LogP contribution in [0.5, 0.6) is 17.4 Å². The fourth-order valence-corrected chi connectivity index (χ4v) is 4.07. The van der Waals surface area contributed by atoms with Crippen LogP contribution in [-0.2, 0) is 11.3 Å². The maximum Gasteiger partial charge on any atom is 0.311 e. The predicted octanol–water partition coefficient (Wildman–Crippen LogP) is 5.57. The molecule has 4 aromatic rings. The first-order valence-electron chi connectivity index (χ1n) is 11.8. The molecule has 9 heteroatoms. The molecule has 0 saturated heterocycles. The van der Waals surface area contributed by atoms with Crippen molar-refractivity contribution < 1.29 is 24.2 Å². The highest BCUT2D eigenvalue weighted by Gasteiger charge is 2.19. The Morgan fingerprint density at radius 1 is 1.03 bits per heavy atom. The number of nitrogens with one attached hydrogen (secondary N) is 1. The number of hydrogen-bond donors (Lipinski definition) is 2. The molecule has 5 rings (SSSR count). The van der Waals surface area contributed by atoms with Gasteiger partial charge in [0.15, 0.2) is 17.2 Å². The van der Waals surface area contributed by atoms with Crippen LogP contribution in [0.1, 0.15) is 29.3 Å². The largest absolute Gasteiger partial charge is 0.493 e. The van der Waals surface area contributed by atoms with E-state index < -0.39 is 11.8 Å². The highest BCUT2D eigenvalue weighted by Crippen LogP contribution is 2.39. The summed E-state index contributed by atoms with van der Waals surface area (Å²) in [4.78, 5) is 26.1. The number of hydrogen-bond acceptors (Lipinski definition) is 6. The number of azo groups is 1. The van der Waals surface area contributed by atoms with E-state index in [2.05, 4.69) is 15.5 Å². The van der Waals surface area contributed by atoms with Gasteiger partial charge in [-0.1, -0.05) is 49.4 Å². The number of rotatable bonds is 7. The van der Waals surface area contributed by atoms with Crippen LogP contribution in [0.4, 0.5) is 5.69 Å². The molecule has 0 saturated carbocycles. The molecule has 1 aromatic heterocycles. The normalized spacial score (nSPS) is 12.8. The standard InChI is InChI=1S/C28H24N4O5/c1-2-14-32-22-11-7-6-10-20(22)25(28(32)35)30-31-27(34)21(29-26(33)19-8-4-3-5-9-19)15-18-12-13-23-24(16-18)37-17-36-23/h3-13,15-16,35H,2,14,17H2,1H3,(H,29,33). The van der Waals surface area contributed by atoms with Crippen molar-refractivity contribution in [1.29, 1.82) is 0 Å². The van der Waals surface area contributed by atoms with Crippen LogP contribution in [0, 0.1) is 0 Å². The second-order valence-corrected chi connectivity index (χ2v) is 8.34. The Bertz CT molecular complexity index is 1540. The summed E-state index contributed by atoms with van der Waals surface area (Å²) in [5.41, 5.74) is 1.86. The Kier molecular flexibility index (Phi) is 6.67. The van der Waals surface area contributed by atoms with Gasteiger partial charge in [0.1, 0.15) is 5.70 Å². The Labute approximate surface area is 212 Å². The van der Waals surface area contributed by atoms with Gasteiger partial charge in [-0.3, -0.25) is 9.59 Å². The number of carbonyl (C=O) groups excluding carboxylic acids is 2. The molecule has 2 heterocycles. The summed E-state index contributed by atoms with van der Waals surface area (Å²) >= 11 is 0. The van der Waals surface area contributed by atoms with Crippen LogP contribution in [0.15, 0.2) is 88.7 Å². The molecular weight excluding hydrogens is 472 g/mol. The molecule has 0 bridgehead atoms. The smallest absolute Gasteiger partial charge is 0.311 e. The van der Waals surface area contributed by atoms with Crippen LogP contribution in [-0.4, -0.2) is 28.3 Å². The van der Waals surface area contributed by atoms with E-state index in [0.29, 0.717) is 34.6 Å². The molecule has 0 spiro atoms. The number of fused-ring (bicyclic) bond motifs is 2. The molecule has 0 aliphatic carbocycles. The Morgan fingerprint density at radius 2 is 1.78 bits per heavy atom. The van der Waals surface area contributed by atoms with Gasteiger partial charge in [-0.2, -0.15) is 0 Å². The quantitative estimate of drug-likeness (QED) is 0.257. The lowest BCUT2D eigenvalue weighted by Gasteiger charge is -2.07. The molecule has 0 atom stereocenters. The molecule has 0 unspecified atom stereocenters. The highest BCUT2D eigenvalue weighted by atomic mass is 16.7. The first-order chi connectivity index (χ1) is 18.0. The second-order valence-electron chi connectivity index (χ2n) is 8.34. The summed E-state index contributed by atoms with van der Waals surface area (Å²) in [7, 11) is 0. The van der Waals surface area contributed by atoms with Crippen LogP contribution < -0.4 is 14.8 Å². The molecule has 0 fully saturated rings. The zero-order chi connectivity index (χ0) is 25.8. The number of carbonyl (C=O) groups is 2. The van der Waals surface area contributed by atoms with Gasteiger partial charge in [0.2, 0.25) is 12.7 Å². The highest BCUT2D eigenvalue weighted by molar-refractivity contribution is 6.05. The van der Waals surface area contributed by atoms with Crippen molar-refractivity contribution in [3.63, 3.8) is 0 Å². The van der Waals surface area contributed by atoms with Gasteiger partial charge in [0.25, 0.3) is 5.91 Å². The molecule has 37 heavy (non-hydrogen) atoms. The number of nitrogens with zero attached hydrogens (tertiary/aromatic N) is 3. The number of aromatic hydroxyl groups is 1. The first-order valence-corrected chi connectivity index (χ1v) is 11.8. The predicted molar refractivity (Wildman–Crippen MR) is 138 cm³/mol. The second kappa shape index (κ2) is 10.4. The molecule has 0 radical (unpaired) electrons. The Hall–Kier alpha value is -4.92. The van der Waals surface area contributed by atoms with Crippen molar-refractivity contribution in [1.82, 2.24) is 9.88 Å². The van der Waals surface area contributed by atoms with Gasteiger partial charge in [0, 0.05) is 17.5 Å². The molecular formula is C28H24N4O5. The minimum atomic E-state index is -0.784. The average Bonchev–Trinajstić information content (AvgIpc) is 3.49. The monoisotopic (exact) mass is 496 g/mol. The van der Waals surface area contributed by atoms with E-state index in [1.165, 1.54) is 6.08 Å². The molecule has 186 valence electrons. The van der Waals surface area contributed by atoms with E-state index in [4.69, 9.17) is 9.47 Å². The minimum absolute atomic E-state index is 0.0748. The van der Waals surface area contributed by atoms with E-state index in [1.807, 2.05) is 25.1 Å². The molecule has 9 nitrogen and oxygen atoms in total. The lowest BCUT2D eigenvalue weighted by Crippen LogP contribution is -2.26. The minimum Gasteiger partial charge on any atom is -0.493 e. The molecule has 2 N–H and O–H groups in total. The topological polar surface area (TPSA) is 115 Å². The van der Waals surface area contributed by atoms with Crippen LogP contribution in [0.2, 0.25) is 0 Å². The number of amides is 2. The third-order valence-corrected chi connectivity index (χ3v) is 5.83. The summed E-state index contributed by atoms with van der Waals surface area (Å²) < 4.78 is 12.5. The lowest BCUT2D eigenvalue weighted by molar-refractivity contribution is -0.115. The van der Waals surface area contributed by atoms with Crippen LogP contribution in [0.3, 0.4) is 0 Å². The van der Waals surface area contributed by atoms with Gasteiger partial charge in [-0.15, -0.1) is 10.2 Å². The zero-order valence-corrected chi connectivity index (χ0v) is 20.0. The first kappa shape index (κ1) is 23.8. The number of ether oxygens (including phenoxy) is 2.